The lowest BCUT2D eigenvalue weighted by molar-refractivity contribution is -0.389. The molecule has 0 fully saturated rings. The molecule has 0 unspecified atom stereocenters. The fraction of sp³-hybridized carbons (Fsp3) is 0.217. The highest BCUT2D eigenvalue weighted by atomic mass is 19.1. The molecule has 174 valence electrons. The predicted octanol–water partition coefficient (Wildman–Crippen LogP) is 3.44. The number of fused-ring (bicyclic) bond motifs is 1. The van der Waals surface area contributed by atoms with E-state index in [1.807, 2.05) is 13.8 Å². The smallest absolute Gasteiger partial charge is 0.358 e. The van der Waals surface area contributed by atoms with Crippen molar-refractivity contribution < 1.29 is 18.9 Å². The van der Waals surface area contributed by atoms with Gasteiger partial charge in [-0.2, -0.15) is 0 Å². The second kappa shape index (κ2) is 8.18. The number of rotatable bonds is 5. The van der Waals surface area contributed by atoms with E-state index in [1.165, 1.54) is 24.5 Å². The van der Waals surface area contributed by atoms with Gasteiger partial charge in [0.1, 0.15) is 11.3 Å². The zero-order chi connectivity index (χ0) is 24.8. The third kappa shape index (κ3) is 3.91. The molecule has 1 aliphatic heterocycles. The van der Waals surface area contributed by atoms with Crippen LogP contribution in [-0.4, -0.2) is 38.0 Å². The lowest BCUT2D eigenvalue weighted by atomic mass is 9.79. The summed E-state index contributed by atoms with van der Waals surface area (Å²) in [6, 6.07) is 4.16. The van der Waals surface area contributed by atoms with E-state index in [-0.39, 0.29) is 22.9 Å². The van der Waals surface area contributed by atoms with Crippen molar-refractivity contribution in [2.45, 2.75) is 26.2 Å². The van der Waals surface area contributed by atoms with E-state index in [1.54, 1.807) is 13.0 Å². The lowest BCUT2D eigenvalue weighted by Gasteiger charge is -2.32. The van der Waals surface area contributed by atoms with E-state index in [0.717, 1.165) is 10.8 Å². The monoisotopic (exact) mass is 464 g/mol. The van der Waals surface area contributed by atoms with Crippen LogP contribution in [0, 0.1) is 22.9 Å². The molecule has 2 amide bonds. The molecule has 0 atom stereocenters. The van der Waals surface area contributed by atoms with E-state index < -0.39 is 27.9 Å². The molecule has 2 aromatic heterocycles. The second-order valence-electron chi connectivity index (χ2n) is 8.56. The Labute approximate surface area is 193 Å². The van der Waals surface area contributed by atoms with Crippen molar-refractivity contribution in [1.29, 1.82) is 0 Å². The number of aryl methyl sites for hydroxylation is 1. The van der Waals surface area contributed by atoms with Crippen molar-refractivity contribution in [3.8, 4) is 16.9 Å². The minimum Gasteiger partial charge on any atom is -0.358 e. The number of hydrogen-bond acceptors (Lipinski definition) is 6. The number of nitro groups is 1. The zero-order valence-corrected chi connectivity index (χ0v) is 18.7. The standard InChI is InChI=1S/C23H21FN6O4/c1-5-20(31)27-17-8-19(16(24)6-12(17)2)29-10-14(21(28-29)30(33)34)18-7-15-13(9-25-18)22(32)26-11-23(15,3)4/h5-10H,1,11H2,2-4H3,(H,26,32)(H,27,31). The zero-order valence-electron chi connectivity index (χ0n) is 18.7. The average Bonchev–Trinajstić information content (AvgIpc) is 3.23. The third-order valence-electron chi connectivity index (χ3n) is 5.70. The number of halogens is 1. The first-order valence-electron chi connectivity index (χ1n) is 10.3. The summed E-state index contributed by atoms with van der Waals surface area (Å²) >= 11 is 0. The molecular formula is C23H21FN6O4. The number of anilines is 1. The van der Waals surface area contributed by atoms with Gasteiger partial charge in [0, 0.05) is 23.8 Å². The van der Waals surface area contributed by atoms with Gasteiger partial charge >= 0.3 is 5.82 Å². The first-order chi connectivity index (χ1) is 16.0. The van der Waals surface area contributed by atoms with Crippen LogP contribution in [0.25, 0.3) is 16.9 Å². The summed E-state index contributed by atoms with van der Waals surface area (Å²) in [5.74, 6) is -1.97. The number of hydrogen-bond donors (Lipinski definition) is 2. The van der Waals surface area contributed by atoms with Gasteiger partial charge < -0.3 is 20.7 Å². The van der Waals surface area contributed by atoms with Crippen LogP contribution in [0.3, 0.4) is 0 Å². The summed E-state index contributed by atoms with van der Waals surface area (Å²) in [5.41, 5.74) is 1.61. The van der Waals surface area contributed by atoms with E-state index in [4.69, 9.17) is 0 Å². The van der Waals surface area contributed by atoms with Crippen LogP contribution in [0.5, 0.6) is 0 Å². The van der Waals surface area contributed by atoms with Gasteiger partial charge in [0.25, 0.3) is 5.91 Å². The van der Waals surface area contributed by atoms with Gasteiger partial charge in [-0.3, -0.25) is 14.6 Å². The summed E-state index contributed by atoms with van der Waals surface area (Å²) in [6.07, 6.45) is 3.75. The topological polar surface area (TPSA) is 132 Å². The molecule has 10 nitrogen and oxygen atoms in total. The highest BCUT2D eigenvalue weighted by molar-refractivity contribution is 5.99. The molecule has 0 spiro atoms. The molecule has 0 bridgehead atoms. The number of carbonyl (C=O) groups excluding carboxylic acids is 2. The number of amides is 2. The maximum absolute atomic E-state index is 14.8. The molecule has 1 aliphatic rings. The summed E-state index contributed by atoms with van der Waals surface area (Å²) in [6.45, 7) is 9.27. The molecule has 2 N–H and O–H groups in total. The number of aromatic nitrogens is 3. The van der Waals surface area contributed by atoms with Gasteiger partial charge in [-0.1, -0.05) is 20.4 Å². The van der Waals surface area contributed by atoms with Crippen LogP contribution in [0.15, 0.2) is 43.2 Å². The molecule has 4 rings (SSSR count). The van der Waals surface area contributed by atoms with Crippen molar-refractivity contribution in [3.63, 3.8) is 0 Å². The van der Waals surface area contributed by atoms with Crippen LogP contribution in [0.2, 0.25) is 0 Å². The average molecular weight is 464 g/mol. The molecule has 0 aliphatic carbocycles. The normalized spacial score (nSPS) is 14.2. The first kappa shape index (κ1) is 22.8. The molecule has 11 heteroatoms. The van der Waals surface area contributed by atoms with Gasteiger partial charge in [0.15, 0.2) is 5.82 Å². The Morgan fingerprint density at radius 2 is 2.09 bits per heavy atom. The predicted molar refractivity (Wildman–Crippen MR) is 122 cm³/mol. The largest absolute Gasteiger partial charge is 0.399 e. The Morgan fingerprint density at radius 1 is 1.35 bits per heavy atom. The van der Waals surface area contributed by atoms with Gasteiger partial charge in [-0.25, -0.2) is 4.39 Å². The lowest BCUT2D eigenvalue weighted by Crippen LogP contribution is -2.43. The van der Waals surface area contributed by atoms with Crippen LogP contribution in [0.4, 0.5) is 15.9 Å². The van der Waals surface area contributed by atoms with E-state index in [9.17, 15) is 24.1 Å². The second-order valence-corrected chi connectivity index (χ2v) is 8.56. The number of pyridine rings is 1. The van der Waals surface area contributed by atoms with Crippen LogP contribution in [-0.2, 0) is 10.2 Å². The molecule has 0 saturated carbocycles. The van der Waals surface area contributed by atoms with Crippen molar-refractivity contribution in [2.75, 3.05) is 11.9 Å². The summed E-state index contributed by atoms with van der Waals surface area (Å²) in [4.78, 5) is 39.3. The first-order valence-corrected chi connectivity index (χ1v) is 10.3. The highest BCUT2D eigenvalue weighted by Crippen LogP contribution is 2.35. The molecule has 34 heavy (non-hydrogen) atoms. The minimum absolute atomic E-state index is 0.0613. The third-order valence-corrected chi connectivity index (χ3v) is 5.70. The fourth-order valence-corrected chi connectivity index (χ4v) is 3.79. The number of nitrogens with one attached hydrogen (secondary N) is 2. The number of nitrogens with zero attached hydrogens (tertiary/aromatic N) is 4. The van der Waals surface area contributed by atoms with Crippen LogP contribution < -0.4 is 10.6 Å². The van der Waals surface area contributed by atoms with Gasteiger partial charge in [-0.15, -0.1) is 4.68 Å². The molecule has 3 heterocycles. The Morgan fingerprint density at radius 3 is 2.76 bits per heavy atom. The maximum Gasteiger partial charge on any atom is 0.399 e. The molecule has 0 saturated heterocycles. The van der Waals surface area contributed by atoms with Gasteiger partial charge in [0.2, 0.25) is 5.91 Å². The molecular weight excluding hydrogens is 443 g/mol. The SMILES string of the molecule is C=CC(=O)Nc1cc(-n2cc(-c3cc4c(cn3)C(=O)NCC4(C)C)c([N+](=O)[O-])n2)c(F)cc1C. The number of benzene rings is 1. The van der Waals surface area contributed by atoms with Crippen LogP contribution >= 0.6 is 0 Å². The van der Waals surface area contributed by atoms with Crippen molar-refractivity contribution in [1.82, 2.24) is 20.1 Å². The Bertz CT molecular complexity index is 1380. The Hall–Kier alpha value is -4.41. The van der Waals surface area contributed by atoms with E-state index >= 15 is 0 Å². The summed E-state index contributed by atoms with van der Waals surface area (Å²) < 4.78 is 15.9. The summed E-state index contributed by atoms with van der Waals surface area (Å²) in [5, 5.41) is 21.1. The van der Waals surface area contributed by atoms with Crippen LogP contribution in [0.1, 0.15) is 35.3 Å². The molecule has 0 radical (unpaired) electrons. The van der Waals surface area contributed by atoms with Crippen molar-refractivity contribution >= 4 is 23.3 Å². The van der Waals surface area contributed by atoms with Crippen molar-refractivity contribution in [3.05, 3.63) is 75.9 Å². The molecule has 1 aromatic carbocycles. The Balaban J connectivity index is 1.86. The highest BCUT2D eigenvalue weighted by Gasteiger charge is 2.34. The maximum atomic E-state index is 14.8. The number of carbonyl (C=O) groups is 2. The fourth-order valence-electron chi connectivity index (χ4n) is 3.79. The van der Waals surface area contributed by atoms with E-state index in [2.05, 4.69) is 27.3 Å². The molecule has 3 aromatic rings. The van der Waals surface area contributed by atoms with Gasteiger partial charge in [0.05, 0.1) is 22.6 Å². The summed E-state index contributed by atoms with van der Waals surface area (Å²) in [7, 11) is 0. The minimum atomic E-state index is -0.686. The van der Waals surface area contributed by atoms with Crippen molar-refractivity contribution in [2.24, 2.45) is 0 Å². The quantitative estimate of drug-likeness (QED) is 0.338. The van der Waals surface area contributed by atoms with E-state index in [0.29, 0.717) is 28.9 Å². The Kier molecular flexibility index (Phi) is 5.48. The van der Waals surface area contributed by atoms with Gasteiger partial charge in [-0.05, 0) is 47.2 Å².